The van der Waals surface area contributed by atoms with E-state index in [0.717, 1.165) is 5.56 Å². The van der Waals surface area contributed by atoms with Crippen molar-refractivity contribution in [3.63, 3.8) is 0 Å². The molecule has 0 saturated heterocycles. The minimum Gasteiger partial charge on any atom is -0.348 e. The minimum atomic E-state index is -0.237. The van der Waals surface area contributed by atoms with Crippen LogP contribution in [0.5, 0.6) is 0 Å². The fraction of sp³-hybridized carbons (Fsp3) is 0.167. The summed E-state index contributed by atoms with van der Waals surface area (Å²) in [5.74, 6) is -0.0559. The van der Waals surface area contributed by atoms with Crippen LogP contribution in [-0.2, 0) is 6.54 Å². The smallest absolute Gasteiger partial charge is 0.255 e. The zero-order valence-electron chi connectivity index (χ0n) is 16.1. The molecule has 2 amide bonds. The number of hydrogen-bond acceptors (Lipinski definition) is 2. The van der Waals surface area contributed by atoms with Crippen LogP contribution in [0.3, 0.4) is 0 Å². The monoisotopic (exact) mass is 372 g/mol. The Morgan fingerprint density at radius 1 is 0.786 bits per heavy atom. The number of anilines is 1. The first-order chi connectivity index (χ1) is 13.5. The van der Waals surface area contributed by atoms with E-state index in [4.69, 9.17) is 0 Å². The quantitative estimate of drug-likeness (QED) is 0.640. The summed E-state index contributed by atoms with van der Waals surface area (Å²) in [6.07, 6.45) is 0. The van der Waals surface area contributed by atoms with E-state index in [9.17, 15) is 9.59 Å². The SMILES string of the molecule is CC(C)c1ccc(C(=O)Nc2ccccc2C(=O)NCc2ccccc2)cc1. The highest BCUT2D eigenvalue weighted by atomic mass is 16.2. The predicted molar refractivity (Wildman–Crippen MR) is 113 cm³/mol. The van der Waals surface area contributed by atoms with E-state index in [2.05, 4.69) is 24.5 Å². The van der Waals surface area contributed by atoms with Gasteiger partial charge in [0.2, 0.25) is 0 Å². The van der Waals surface area contributed by atoms with Crippen LogP contribution in [0.4, 0.5) is 5.69 Å². The van der Waals surface area contributed by atoms with Gasteiger partial charge in [0, 0.05) is 12.1 Å². The van der Waals surface area contributed by atoms with Gasteiger partial charge in [0.15, 0.2) is 0 Å². The lowest BCUT2D eigenvalue weighted by Crippen LogP contribution is -2.24. The predicted octanol–water partition coefficient (Wildman–Crippen LogP) is 4.99. The first-order valence-corrected chi connectivity index (χ1v) is 9.37. The summed E-state index contributed by atoms with van der Waals surface area (Å²) in [4.78, 5) is 25.2. The molecule has 0 aliphatic heterocycles. The molecule has 0 aliphatic rings. The Hall–Kier alpha value is -3.40. The lowest BCUT2D eigenvalue weighted by Gasteiger charge is -2.12. The van der Waals surface area contributed by atoms with Gasteiger partial charge in [-0.3, -0.25) is 9.59 Å². The van der Waals surface area contributed by atoms with Crippen molar-refractivity contribution in [2.75, 3.05) is 5.32 Å². The molecule has 0 saturated carbocycles. The van der Waals surface area contributed by atoms with Crippen molar-refractivity contribution in [2.45, 2.75) is 26.3 Å². The maximum absolute atomic E-state index is 12.6. The molecule has 0 fully saturated rings. The van der Waals surface area contributed by atoms with Gasteiger partial charge in [0.25, 0.3) is 11.8 Å². The van der Waals surface area contributed by atoms with E-state index < -0.39 is 0 Å². The van der Waals surface area contributed by atoms with Crippen LogP contribution in [0.2, 0.25) is 0 Å². The van der Waals surface area contributed by atoms with Crippen molar-refractivity contribution < 1.29 is 9.59 Å². The van der Waals surface area contributed by atoms with Crippen LogP contribution >= 0.6 is 0 Å². The summed E-state index contributed by atoms with van der Waals surface area (Å²) in [6.45, 7) is 4.65. The number of carbonyl (C=O) groups is 2. The second-order valence-corrected chi connectivity index (χ2v) is 6.94. The summed E-state index contributed by atoms with van der Waals surface area (Å²) in [6, 6.07) is 24.3. The van der Waals surface area contributed by atoms with Gasteiger partial charge in [-0.2, -0.15) is 0 Å². The molecular weight excluding hydrogens is 348 g/mol. The van der Waals surface area contributed by atoms with Crippen LogP contribution in [-0.4, -0.2) is 11.8 Å². The topological polar surface area (TPSA) is 58.2 Å². The Morgan fingerprint density at radius 3 is 2.11 bits per heavy atom. The molecule has 0 spiro atoms. The average Bonchev–Trinajstić information content (AvgIpc) is 2.73. The van der Waals surface area contributed by atoms with Gasteiger partial charge >= 0.3 is 0 Å². The van der Waals surface area contributed by atoms with E-state index in [0.29, 0.717) is 29.3 Å². The number of benzene rings is 3. The Balaban J connectivity index is 1.70. The highest BCUT2D eigenvalue weighted by Crippen LogP contribution is 2.18. The fourth-order valence-corrected chi connectivity index (χ4v) is 2.88. The van der Waals surface area contributed by atoms with E-state index in [1.165, 1.54) is 5.56 Å². The Labute approximate surface area is 165 Å². The van der Waals surface area contributed by atoms with E-state index >= 15 is 0 Å². The molecule has 2 N–H and O–H groups in total. The average molecular weight is 372 g/mol. The van der Waals surface area contributed by atoms with Gasteiger partial charge in [-0.05, 0) is 41.3 Å². The van der Waals surface area contributed by atoms with Gasteiger partial charge < -0.3 is 10.6 Å². The lowest BCUT2D eigenvalue weighted by atomic mass is 10.0. The van der Waals surface area contributed by atoms with Crippen molar-refractivity contribution in [3.05, 3.63) is 101 Å². The highest BCUT2D eigenvalue weighted by molar-refractivity contribution is 6.09. The second kappa shape index (κ2) is 9.00. The molecule has 0 unspecified atom stereocenters. The summed E-state index contributed by atoms with van der Waals surface area (Å²) in [5.41, 5.74) is 3.68. The molecule has 3 aromatic rings. The van der Waals surface area contributed by atoms with Crippen molar-refractivity contribution in [2.24, 2.45) is 0 Å². The molecule has 0 bridgehead atoms. The number of nitrogens with one attached hydrogen (secondary N) is 2. The molecule has 142 valence electrons. The normalized spacial score (nSPS) is 10.5. The molecule has 0 heterocycles. The van der Waals surface area contributed by atoms with Crippen molar-refractivity contribution >= 4 is 17.5 Å². The maximum Gasteiger partial charge on any atom is 0.255 e. The fourth-order valence-electron chi connectivity index (χ4n) is 2.88. The minimum absolute atomic E-state index is 0.227. The summed E-state index contributed by atoms with van der Waals surface area (Å²) in [7, 11) is 0. The van der Waals surface area contributed by atoms with Gasteiger partial charge in [0.1, 0.15) is 0 Å². The zero-order valence-corrected chi connectivity index (χ0v) is 16.1. The number of amides is 2. The van der Waals surface area contributed by atoms with Crippen molar-refractivity contribution in [1.29, 1.82) is 0 Å². The third kappa shape index (κ3) is 4.86. The zero-order chi connectivity index (χ0) is 19.9. The van der Waals surface area contributed by atoms with Gasteiger partial charge in [0.05, 0.1) is 11.3 Å². The molecular formula is C24H24N2O2. The Kier molecular flexibility index (Phi) is 6.22. The lowest BCUT2D eigenvalue weighted by molar-refractivity contribution is 0.0952. The molecule has 3 rings (SSSR count). The van der Waals surface area contributed by atoms with E-state index in [-0.39, 0.29) is 11.8 Å². The first kappa shape index (κ1) is 19.4. The Morgan fingerprint density at radius 2 is 1.43 bits per heavy atom. The van der Waals surface area contributed by atoms with E-state index in [1.54, 1.807) is 24.3 Å². The van der Waals surface area contributed by atoms with Crippen LogP contribution in [0.15, 0.2) is 78.9 Å². The van der Waals surface area contributed by atoms with Gasteiger partial charge in [-0.25, -0.2) is 0 Å². The van der Waals surface area contributed by atoms with Crippen LogP contribution in [0.1, 0.15) is 51.6 Å². The molecule has 28 heavy (non-hydrogen) atoms. The second-order valence-electron chi connectivity index (χ2n) is 6.94. The highest BCUT2D eigenvalue weighted by Gasteiger charge is 2.14. The molecule has 4 nitrogen and oxygen atoms in total. The third-order valence-electron chi connectivity index (χ3n) is 4.56. The van der Waals surface area contributed by atoms with Gasteiger partial charge in [-0.1, -0.05) is 68.4 Å². The van der Waals surface area contributed by atoms with E-state index in [1.807, 2.05) is 54.6 Å². The third-order valence-corrected chi connectivity index (χ3v) is 4.56. The maximum atomic E-state index is 12.6. The molecule has 3 aromatic carbocycles. The molecule has 0 radical (unpaired) electrons. The largest absolute Gasteiger partial charge is 0.348 e. The standard InChI is InChI=1S/C24H24N2O2/c1-17(2)19-12-14-20(15-13-19)23(27)26-22-11-7-6-10-21(22)24(28)25-16-18-8-4-3-5-9-18/h3-15,17H,16H2,1-2H3,(H,25,28)(H,26,27). The van der Waals surface area contributed by atoms with Crippen molar-refractivity contribution in [3.8, 4) is 0 Å². The first-order valence-electron chi connectivity index (χ1n) is 9.37. The number of rotatable bonds is 6. The van der Waals surface area contributed by atoms with Gasteiger partial charge in [-0.15, -0.1) is 0 Å². The number of para-hydroxylation sites is 1. The Bertz CT molecular complexity index is 948. The molecule has 0 aliphatic carbocycles. The summed E-state index contributed by atoms with van der Waals surface area (Å²) >= 11 is 0. The molecule has 0 atom stereocenters. The number of hydrogen-bond donors (Lipinski definition) is 2. The van der Waals surface area contributed by atoms with Crippen LogP contribution in [0.25, 0.3) is 0 Å². The molecule has 0 aromatic heterocycles. The van der Waals surface area contributed by atoms with Crippen molar-refractivity contribution in [1.82, 2.24) is 5.32 Å². The molecule has 4 heteroatoms. The van der Waals surface area contributed by atoms with Crippen LogP contribution in [0, 0.1) is 0 Å². The van der Waals surface area contributed by atoms with Crippen LogP contribution < -0.4 is 10.6 Å². The summed E-state index contributed by atoms with van der Waals surface area (Å²) < 4.78 is 0. The number of carbonyl (C=O) groups excluding carboxylic acids is 2. The summed E-state index contributed by atoms with van der Waals surface area (Å²) in [5, 5.41) is 5.75.